The molecule has 0 amide bonds. The highest BCUT2D eigenvalue weighted by molar-refractivity contribution is 5.75. The summed E-state index contributed by atoms with van der Waals surface area (Å²) in [6.45, 7) is 2.40. The van der Waals surface area contributed by atoms with E-state index in [0.717, 1.165) is 67.9 Å². The largest absolute Gasteiger partial charge is 0.480 e. The number of aromatic nitrogens is 1. The molecule has 2 aliphatic heterocycles. The summed E-state index contributed by atoms with van der Waals surface area (Å²) in [4.78, 5) is 18.3. The monoisotopic (exact) mass is 477 g/mol. The topological polar surface area (TPSA) is 74.7 Å². The molecular formula is C25H30F3N3O3. The molecule has 1 fully saturated rings. The zero-order valence-electron chi connectivity index (χ0n) is 19.0. The van der Waals surface area contributed by atoms with Crippen LogP contribution in [0, 0.1) is 0 Å². The standard InChI is InChI=1S/C25H30F3N3O3/c26-25(27,28)18-6-3-5-17(15-18)23(24(32)33)31-13-11-20(16-31)34-14-2-1-7-19-9-10-21-22(30-19)8-4-12-29-21/h3,5-6,9-10,15,20,23,29H,1-2,4,7-8,11-14,16H2,(H,32,33)/t20-,23?/m1/s1. The van der Waals surface area contributed by atoms with Crippen molar-refractivity contribution in [1.29, 1.82) is 0 Å². The highest BCUT2D eigenvalue weighted by Crippen LogP contribution is 2.33. The number of halogens is 3. The number of hydrogen-bond acceptors (Lipinski definition) is 5. The SMILES string of the molecule is O=C(O)C(c1cccc(C(F)(F)F)c1)N1CC[C@@H](OCCCCc2ccc3c(n2)CCCN3)C1. The summed E-state index contributed by atoms with van der Waals surface area (Å²) in [5.41, 5.74) is 2.65. The van der Waals surface area contributed by atoms with Crippen LogP contribution in [0.4, 0.5) is 18.9 Å². The molecule has 0 saturated carbocycles. The van der Waals surface area contributed by atoms with Crippen LogP contribution in [0.25, 0.3) is 0 Å². The van der Waals surface area contributed by atoms with Crippen molar-refractivity contribution < 1.29 is 27.8 Å². The molecule has 0 bridgehead atoms. The average molecular weight is 478 g/mol. The van der Waals surface area contributed by atoms with Gasteiger partial charge in [0.05, 0.1) is 23.0 Å². The summed E-state index contributed by atoms with van der Waals surface area (Å²) >= 11 is 0. The Labute approximate surface area is 197 Å². The Balaban J connectivity index is 1.24. The van der Waals surface area contributed by atoms with Gasteiger partial charge >= 0.3 is 12.1 Å². The Morgan fingerprint density at radius 3 is 2.91 bits per heavy atom. The van der Waals surface area contributed by atoms with Gasteiger partial charge < -0.3 is 15.2 Å². The van der Waals surface area contributed by atoms with Crippen molar-refractivity contribution in [3.05, 3.63) is 58.9 Å². The number of pyridine rings is 1. The van der Waals surface area contributed by atoms with Gasteiger partial charge in [0.2, 0.25) is 0 Å². The molecular weight excluding hydrogens is 447 g/mol. The molecule has 1 aromatic heterocycles. The average Bonchev–Trinajstić information content (AvgIpc) is 3.26. The number of alkyl halides is 3. The summed E-state index contributed by atoms with van der Waals surface area (Å²) in [7, 11) is 0. The Hall–Kier alpha value is -2.65. The van der Waals surface area contributed by atoms with Crippen molar-refractivity contribution in [1.82, 2.24) is 9.88 Å². The van der Waals surface area contributed by atoms with Gasteiger partial charge in [0, 0.05) is 31.9 Å². The van der Waals surface area contributed by atoms with E-state index in [1.54, 1.807) is 4.90 Å². The van der Waals surface area contributed by atoms with Crippen LogP contribution in [0.15, 0.2) is 36.4 Å². The van der Waals surface area contributed by atoms with Gasteiger partial charge in [0.1, 0.15) is 6.04 Å². The van der Waals surface area contributed by atoms with E-state index < -0.39 is 23.8 Å². The van der Waals surface area contributed by atoms with Crippen LogP contribution in [0.3, 0.4) is 0 Å². The lowest BCUT2D eigenvalue weighted by atomic mass is 10.0. The number of nitrogens with one attached hydrogen (secondary N) is 1. The fourth-order valence-corrected chi connectivity index (χ4v) is 4.69. The number of carboxylic acids is 1. The van der Waals surface area contributed by atoms with Crippen LogP contribution >= 0.6 is 0 Å². The van der Waals surface area contributed by atoms with Crippen LogP contribution in [-0.2, 0) is 28.5 Å². The van der Waals surface area contributed by atoms with Crippen molar-refractivity contribution in [3.63, 3.8) is 0 Å². The third-order valence-electron chi connectivity index (χ3n) is 6.42. The number of anilines is 1. The number of benzene rings is 1. The van der Waals surface area contributed by atoms with Crippen molar-refractivity contribution in [2.45, 2.75) is 56.8 Å². The second kappa shape index (κ2) is 10.7. The highest BCUT2D eigenvalue weighted by Gasteiger charge is 2.36. The molecule has 34 heavy (non-hydrogen) atoms. The van der Waals surface area contributed by atoms with E-state index in [9.17, 15) is 23.1 Å². The number of fused-ring (bicyclic) bond motifs is 1. The van der Waals surface area contributed by atoms with E-state index in [1.165, 1.54) is 12.1 Å². The first-order chi connectivity index (χ1) is 16.3. The molecule has 4 rings (SSSR count). The van der Waals surface area contributed by atoms with Crippen LogP contribution in [0.1, 0.15) is 54.2 Å². The number of unbranched alkanes of at least 4 members (excludes halogenated alkanes) is 1. The summed E-state index contributed by atoms with van der Waals surface area (Å²) in [5.74, 6) is -1.16. The van der Waals surface area contributed by atoms with Gasteiger partial charge in [-0.1, -0.05) is 12.1 Å². The highest BCUT2D eigenvalue weighted by atomic mass is 19.4. The third-order valence-corrected chi connectivity index (χ3v) is 6.42. The quantitative estimate of drug-likeness (QED) is 0.510. The summed E-state index contributed by atoms with van der Waals surface area (Å²) < 4.78 is 45.2. The molecule has 2 aliphatic rings. The maximum atomic E-state index is 13.1. The van der Waals surface area contributed by atoms with Crippen molar-refractivity contribution in [2.75, 3.05) is 31.6 Å². The number of nitrogens with zero attached hydrogens (tertiary/aromatic N) is 2. The second-order valence-electron chi connectivity index (χ2n) is 8.92. The Kier molecular flexibility index (Phi) is 7.73. The molecule has 184 valence electrons. The summed E-state index contributed by atoms with van der Waals surface area (Å²) in [6, 6.07) is 7.61. The molecule has 0 spiro atoms. The number of rotatable bonds is 9. The predicted molar refractivity (Wildman–Crippen MR) is 122 cm³/mol. The van der Waals surface area contributed by atoms with E-state index in [-0.39, 0.29) is 11.7 Å². The van der Waals surface area contributed by atoms with Gasteiger partial charge in [-0.2, -0.15) is 13.2 Å². The minimum Gasteiger partial charge on any atom is -0.480 e. The van der Waals surface area contributed by atoms with Gasteiger partial charge in [-0.15, -0.1) is 0 Å². The van der Waals surface area contributed by atoms with E-state index >= 15 is 0 Å². The molecule has 3 heterocycles. The van der Waals surface area contributed by atoms with E-state index in [1.807, 2.05) is 0 Å². The maximum absolute atomic E-state index is 13.1. The molecule has 1 aromatic carbocycles. The third kappa shape index (κ3) is 6.07. The zero-order chi connectivity index (χ0) is 24.1. The number of carboxylic acid groups (broad SMARTS) is 1. The van der Waals surface area contributed by atoms with Crippen LogP contribution in [-0.4, -0.2) is 53.3 Å². The van der Waals surface area contributed by atoms with E-state index in [2.05, 4.69) is 17.4 Å². The van der Waals surface area contributed by atoms with Gasteiger partial charge in [-0.25, -0.2) is 0 Å². The second-order valence-corrected chi connectivity index (χ2v) is 8.92. The first kappa shape index (κ1) is 24.5. The van der Waals surface area contributed by atoms with E-state index in [0.29, 0.717) is 26.1 Å². The first-order valence-electron chi connectivity index (χ1n) is 11.8. The Bertz CT molecular complexity index is 999. The molecule has 2 N–H and O–H groups in total. The lowest BCUT2D eigenvalue weighted by Gasteiger charge is -2.25. The van der Waals surface area contributed by atoms with Gasteiger partial charge in [-0.3, -0.25) is 14.7 Å². The van der Waals surface area contributed by atoms with Crippen LogP contribution < -0.4 is 5.32 Å². The lowest BCUT2D eigenvalue weighted by molar-refractivity contribution is -0.144. The zero-order valence-corrected chi connectivity index (χ0v) is 19.0. The molecule has 2 aromatic rings. The number of carbonyl (C=O) groups is 1. The van der Waals surface area contributed by atoms with Gasteiger partial charge in [0.15, 0.2) is 0 Å². The van der Waals surface area contributed by atoms with Crippen molar-refractivity contribution >= 4 is 11.7 Å². The molecule has 1 saturated heterocycles. The van der Waals surface area contributed by atoms with Gasteiger partial charge in [0.25, 0.3) is 0 Å². The molecule has 9 heteroatoms. The predicted octanol–water partition coefficient (Wildman–Crippen LogP) is 4.70. The molecule has 2 atom stereocenters. The van der Waals surface area contributed by atoms with Crippen LogP contribution in [0.2, 0.25) is 0 Å². The number of hydrogen-bond donors (Lipinski definition) is 2. The summed E-state index contributed by atoms with van der Waals surface area (Å²) in [6.07, 6.45) is 0.816. The van der Waals surface area contributed by atoms with E-state index in [4.69, 9.17) is 9.72 Å². The van der Waals surface area contributed by atoms with Crippen molar-refractivity contribution in [3.8, 4) is 0 Å². The number of aryl methyl sites for hydroxylation is 2. The van der Waals surface area contributed by atoms with Crippen molar-refractivity contribution in [2.24, 2.45) is 0 Å². The molecule has 6 nitrogen and oxygen atoms in total. The maximum Gasteiger partial charge on any atom is 0.416 e. The summed E-state index contributed by atoms with van der Waals surface area (Å²) in [5, 5.41) is 13.1. The lowest BCUT2D eigenvalue weighted by Crippen LogP contribution is -2.33. The number of aliphatic carboxylic acids is 1. The molecule has 1 unspecified atom stereocenters. The fraction of sp³-hybridized carbons (Fsp3) is 0.520. The van der Waals surface area contributed by atoms with Gasteiger partial charge in [-0.05, 0) is 68.4 Å². The molecule has 0 radical (unpaired) electrons. The number of ether oxygens (including phenoxy) is 1. The number of likely N-dealkylation sites (tertiary alicyclic amines) is 1. The minimum absolute atomic E-state index is 0.124. The Morgan fingerprint density at radius 1 is 1.26 bits per heavy atom. The first-order valence-corrected chi connectivity index (χ1v) is 11.8. The van der Waals surface area contributed by atoms with Crippen LogP contribution in [0.5, 0.6) is 0 Å². The Morgan fingerprint density at radius 2 is 2.12 bits per heavy atom. The normalized spacial score (nSPS) is 19.4. The fourth-order valence-electron chi connectivity index (χ4n) is 4.69. The smallest absolute Gasteiger partial charge is 0.416 e. The minimum atomic E-state index is -4.51. The molecule has 0 aliphatic carbocycles.